The molecule has 1 saturated heterocycles. The summed E-state index contributed by atoms with van der Waals surface area (Å²) in [6.45, 7) is 0.509. The second-order valence-electron chi connectivity index (χ2n) is 7.95. The molecule has 2 unspecified atom stereocenters. The highest BCUT2D eigenvalue weighted by Gasteiger charge is 2.42. The lowest BCUT2D eigenvalue weighted by molar-refractivity contribution is -0.124. The second-order valence-corrected chi connectivity index (χ2v) is 9.07. The molecule has 0 aliphatic carbocycles. The summed E-state index contributed by atoms with van der Waals surface area (Å²) in [6.07, 6.45) is 0.732. The monoisotopic (exact) mass is 476 g/mol. The van der Waals surface area contributed by atoms with Gasteiger partial charge in [-0.15, -0.1) is 11.8 Å². The highest BCUT2D eigenvalue weighted by molar-refractivity contribution is 7.99. The van der Waals surface area contributed by atoms with Gasteiger partial charge in [-0.2, -0.15) is 0 Å². The summed E-state index contributed by atoms with van der Waals surface area (Å²) in [7, 11) is 3.09. The van der Waals surface area contributed by atoms with Crippen LogP contribution in [0.5, 0.6) is 11.5 Å². The van der Waals surface area contributed by atoms with E-state index in [1.54, 1.807) is 49.1 Å². The number of methoxy groups -OCH3 is 2. The normalized spacial score (nSPS) is 17.3. The van der Waals surface area contributed by atoms with Crippen LogP contribution in [0, 0.1) is 0 Å². The molecule has 3 aromatic carbocycles. The smallest absolute Gasteiger partial charge is 0.256 e. The van der Waals surface area contributed by atoms with Crippen molar-refractivity contribution in [3.8, 4) is 11.5 Å². The van der Waals surface area contributed by atoms with Crippen LogP contribution in [0.2, 0.25) is 0 Å². The minimum atomic E-state index is -0.587. The molecule has 1 aliphatic heterocycles. The van der Waals surface area contributed by atoms with Gasteiger partial charge in [-0.25, -0.2) is 0 Å². The summed E-state index contributed by atoms with van der Waals surface area (Å²) in [6, 6.07) is 24.3. The molecule has 2 atom stereocenters. The summed E-state index contributed by atoms with van der Waals surface area (Å²) in [5, 5.41) is 2.76. The zero-order chi connectivity index (χ0) is 23.9. The number of ether oxygens (including phenoxy) is 2. The zero-order valence-corrected chi connectivity index (χ0v) is 20.1. The highest BCUT2D eigenvalue weighted by atomic mass is 32.2. The predicted molar refractivity (Wildman–Crippen MR) is 134 cm³/mol. The van der Waals surface area contributed by atoms with Gasteiger partial charge in [0.1, 0.15) is 22.9 Å². The Labute approximate surface area is 204 Å². The Kier molecular flexibility index (Phi) is 7.75. The first-order valence-electron chi connectivity index (χ1n) is 11.1. The Hall–Kier alpha value is -3.45. The van der Waals surface area contributed by atoms with Crippen LogP contribution in [-0.4, -0.2) is 49.3 Å². The van der Waals surface area contributed by atoms with Crippen molar-refractivity contribution >= 4 is 23.6 Å². The number of benzene rings is 3. The lowest BCUT2D eigenvalue weighted by Gasteiger charge is -2.29. The molecule has 4 rings (SSSR count). The van der Waals surface area contributed by atoms with Crippen molar-refractivity contribution < 1.29 is 19.1 Å². The lowest BCUT2D eigenvalue weighted by Crippen LogP contribution is -2.48. The average Bonchev–Trinajstić information content (AvgIpc) is 3.34. The van der Waals surface area contributed by atoms with E-state index in [4.69, 9.17) is 9.47 Å². The first kappa shape index (κ1) is 23.7. The molecule has 0 spiro atoms. The Morgan fingerprint density at radius 3 is 2.18 bits per heavy atom. The quantitative estimate of drug-likeness (QED) is 0.525. The number of carbonyl (C=O) groups is 2. The van der Waals surface area contributed by atoms with E-state index >= 15 is 0 Å². The summed E-state index contributed by atoms with van der Waals surface area (Å²) >= 11 is 1.59. The molecule has 176 valence electrons. The van der Waals surface area contributed by atoms with Crippen LogP contribution in [0.3, 0.4) is 0 Å². The van der Waals surface area contributed by atoms with E-state index in [0.717, 1.165) is 17.5 Å². The van der Waals surface area contributed by atoms with Crippen molar-refractivity contribution in [3.05, 3.63) is 95.6 Å². The number of hydrogen-bond acceptors (Lipinski definition) is 5. The molecule has 1 heterocycles. The Balaban J connectivity index is 1.58. The number of thioether (sulfide) groups is 1. The van der Waals surface area contributed by atoms with Crippen molar-refractivity contribution in [1.29, 1.82) is 0 Å². The van der Waals surface area contributed by atoms with Crippen molar-refractivity contribution in [2.75, 3.05) is 26.5 Å². The average molecular weight is 477 g/mol. The van der Waals surface area contributed by atoms with Gasteiger partial charge in [-0.05, 0) is 29.7 Å². The zero-order valence-electron chi connectivity index (χ0n) is 19.3. The summed E-state index contributed by atoms with van der Waals surface area (Å²) < 4.78 is 10.7. The summed E-state index contributed by atoms with van der Waals surface area (Å²) in [4.78, 5) is 28.7. The van der Waals surface area contributed by atoms with Gasteiger partial charge in [0.25, 0.3) is 5.91 Å². The number of nitrogens with zero attached hydrogens (tertiary/aromatic N) is 1. The number of nitrogens with one attached hydrogen (secondary N) is 1. The molecular weight excluding hydrogens is 448 g/mol. The molecule has 0 aromatic heterocycles. The van der Waals surface area contributed by atoms with E-state index < -0.39 is 6.04 Å². The first-order valence-corrected chi connectivity index (χ1v) is 12.2. The molecule has 6 nitrogen and oxygen atoms in total. The topological polar surface area (TPSA) is 67.9 Å². The third-order valence-electron chi connectivity index (χ3n) is 5.78. The van der Waals surface area contributed by atoms with Crippen molar-refractivity contribution in [1.82, 2.24) is 10.2 Å². The van der Waals surface area contributed by atoms with E-state index in [2.05, 4.69) is 5.32 Å². The Morgan fingerprint density at radius 2 is 1.56 bits per heavy atom. The maximum atomic E-state index is 13.8. The van der Waals surface area contributed by atoms with Gasteiger partial charge in [0.05, 0.1) is 14.2 Å². The third kappa shape index (κ3) is 5.37. The fraction of sp³-hybridized carbons (Fsp3) is 0.259. The van der Waals surface area contributed by atoms with Crippen LogP contribution in [0.15, 0.2) is 78.9 Å². The summed E-state index contributed by atoms with van der Waals surface area (Å²) in [5.41, 5.74) is 2.55. The third-order valence-corrected chi connectivity index (χ3v) is 7.10. The van der Waals surface area contributed by atoms with Crippen molar-refractivity contribution in [3.63, 3.8) is 0 Å². The molecule has 0 radical (unpaired) electrons. The fourth-order valence-electron chi connectivity index (χ4n) is 4.00. The van der Waals surface area contributed by atoms with Crippen LogP contribution < -0.4 is 14.8 Å². The maximum Gasteiger partial charge on any atom is 0.256 e. The minimum absolute atomic E-state index is 0.148. The van der Waals surface area contributed by atoms with Gasteiger partial charge in [0.15, 0.2) is 0 Å². The van der Waals surface area contributed by atoms with Gasteiger partial charge in [0.2, 0.25) is 5.91 Å². The van der Waals surface area contributed by atoms with Crippen LogP contribution in [-0.2, 0) is 11.2 Å². The maximum absolute atomic E-state index is 13.8. The van der Waals surface area contributed by atoms with E-state index in [1.807, 2.05) is 60.7 Å². The molecule has 1 aliphatic rings. The summed E-state index contributed by atoms with van der Waals surface area (Å²) in [5.74, 6) is 1.18. The first-order chi connectivity index (χ1) is 16.6. The van der Waals surface area contributed by atoms with Crippen LogP contribution in [0.1, 0.15) is 26.9 Å². The molecule has 2 amide bonds. The van der Waals surface area contributed by atoms with Gasteiger partial charge >= 0.3 is 0 Å². The minimum Gasteiger partial charge on any atom is -0.497 e. The van der Waals surface area contributed by atoms with E-state index in [0.29, 0.717) is 29.4 Å². The Morgan fingerprint density at radius 1 is 0.941 bits per heavy atom. The SMILES string of the molecule is COc1cc(OC)cc(C(=O)N2C(C(=O)NCCc3ccccc3)CSC2c2ccccc2)c1. The van der Waals surface area contributed by atoms with Crippen molar-refractivity contribution in [2.24, 2.45) is 0 Å². The fourth-order valence-corrected chi connectivity index (χ4v) is 5.43. The number of hydrogen-bond donors (Lipinski definition) is 1. The van der Waals surface area contributed by atoms with E-state index in [9.17, 15) is 9.59 Å². The molecule has 1 N–H and O–H groups in total. The number of rotatable bonds is 8. The van der Waals surface area contributed by atoms with Gasteiger partial charge in [-0.1, -0.05) is 60.7 Å². The molecule has 34 heavy (non-hydrogen) atoms. The number of carbonyl (C=O) groups excluding carboxylic acids is 2. The van der Waals surface area contributed by atoms with E-state index in [1.165, 1.54) is 0 Å². The second kappa shape index (κ2) is 11.1. The highest BCUT2D eigenvalue weighted by Crippen LogP contribution is 2.42. The lowest BCUT2D eigenvalue weighted by atomic mass is 10.1. The Bertz CT molecular complexity index is 1100. The molecule has 7 heteroatoms. The molecule has 3 aromatic rings. The van der Waals surface area contributed by atoms with Gasteiger partial charge < -0.3 is 19.7 Å². The number of amides is 2. The van der Waals surface area contributed by atoms with Crippen molar-refractivity contribution in [2.45, 2.75) is 17.8 Å². The molecule has 0 bridgehead atoms. The largest absolute Gasteiger partial charge is 0.497 e. The van der Waals surface area contributed by atoms with Crippen LogP contribution in [0.4, 0.5) is 0 Å². The molecule has 1 fully saturated rings. The molecular formula is C27H28N2O4S. The van der Waals surface area contributed by atoms with E-state index in [-0.39, 0.29) is 17.2 Å². The standard InChI is InChI=1S/C27H28N2O4S/c1-32-22-15-21(16-23(17-22)33-2)26(31)29-24(18-34-27(29)20-11-7-4-8-12-20)25(30)28-14-13-19-9-5-3-6-10-19/h3-12,15-17,24,27H,13-14,18H2,1-2H3,(H,28,30). The van der Waals surface area contributed by atoms with Gasteiger partial charge in [-0.3, -0.25) is 9.59 Å². The predicted octanol–water partition coefficient (Wildman–Crippen LogP) is 4.32. The van der Waals surface area contributed by atoms with Crippen LogP contribution >= 0.6 is 11.8 Å². The molecule has 0 saturated carbocycles. The van der Waals surface area contributed by atoms with Gasteiger partial charge in [0, 0.05) is 23.9 Å². The van der Waals surface area contributed by atoms with Crippen LogP contribution in [0.25, 0.3) is 0 Å².